The van der Waals surface area contributed by atoms with Crippen LogP contribution in [0.1, 0.15) is 26.4 Å². The average molecular weight is 479 g/mol. The molecule has 0 aliphatic carbocycles. The van der Waals surface area contributed by atoms with Gasteiger partial charge in [-0.3, -0.25) is 0 Å². The Morgan fingerprint density at radius 2 is 1.81 bits per heavy atom. The number of rotatable bonds is 8. The molecule has 0 spiro atoms. The van der Waals surface area contributed by atoms with Crippen LogP contribution in [0.15, 0.2) is 65.6 Å². The lowest BCUT2D eigenvalue weighted by molar-refractivity contribution is -0.139. The van der Waals surface area contributed by atoms with Crippen LogP contribution in [0.4, 0.5) is 13.2 Å². The first-order valence-electron chi connectivity index (χ1n) is 9.66. The molecule has 3 rings (SSSR count). The quantitative estimate of drug-likeness (QED) is 0.352. The van der Waals surface area contributed by atoms with Gasteiger partial charge in [-0.1, -0.05) is 18.2 Å². The summed E-state index contributed by atoms with van der Waals surface area (Å²) in [7, 11) is 0. The number of carboxylic acids is 1. The van der Waals surface area contributed by atoms with Gasteiger partial charge in [-0.05, 0) is 73.0 Å². The van der Waals surface area contributed by atoms with Crippen molar-refractivity contribution >= 4 is 34.6 Å². The van der Waals surface area contributed by atoms with Crippen molar-refractivity contribution in [1.82, 2.24) is 0 Å². The number of halogens is 3. The van der Waals surface area contributed by atoms with Crippen LogP contribution in [0.25, 0.3) is 5.57 Å². The highest BCUT2D eigenvalue weighted by Gasteiger charge is 2.30. The van der Waals surface area contributed by atoms with E-state index in [2.05, 4.69) is 0 Å². The number of hydrogen-bond donors (Lipinski definition) is 1. The molecule has 0 atom stereocenters. The van der Waals surface area contributed by atoms with Crippen LogP contribution in [0.2, 0.25) is 0 Å². The zero-order chi connectivity index (χ0) is 23.3. The molecule has 32 heavy (non-hydrogen) atoms. The van der Waals surface area contributed by atoms with E-state index in [0.717, 1.165) is 43.5 Å². The van der Waals surface area contributed by atoms with Gasteiger partial charge >= 0.3 is 12.1 Å². The highest BCUT2D eigenvalue weighted by molar-refractivity contribution is 7.99. The van der Waals surface area contributed by atoms with Gasteiger partial charge in [0.1, 0.15) is 5.75 Å². The van der Waals surface area contributed by atoms with Gasteiger partial charge in [-0.2, -0.15) is 13.2 Å². The maximum Gasteiger partial charge on any atom is 0.416 e. The molecule has 1 N–H and O–H groups in total. The summed E-state index contributed by atoms with van der Waals surface area (Å²) in [5.74, 6) is 0.0987. The van der Waals surface area contributed by atoms with E-state index in [0.29, 0.717) is 11.5 Å². The molecule has 1 heterocycles. The Bertz CT molecular complexity index is 1120. The van der Waals surface area contributed by atoms with Crippen LogP contribution in [0.3, 0.4) is 0 Å². The van der Waals surface area contributed by atoms with E-state index in [1.165, 1.54) is 12.1 Å². The molecule has 0 amide bonds. The van der Waals surface area contributed by atoms with E-state index in [9.17, 15) is 18.0 Å². The van der Waals surface area contributed by atoms with Crippen LogP contribution in [0, 0.1) is 13.8 Å². The minimum Gasteiger partial charge on any atom is -0.482 e. The molecular formula is C24H21F3O3S2. The molecule has 0 saturated heterocycles. The highest BCUT2D eigenvalue weighted by Crippen LogP contribution is 2.34. The number of aryl methyl sites for hydroxylation is 2. The summed E-state index contributed by atoms with van der Waals surface area (Å²) in [5, 5.41) is 8.74. The van der Waals surface area contributed by atoms with E-state index in [4.69, 9.17) is 9.84 Å². The van der Waals surface area contributed by atoms with E-state index >= 15 is 0 Å². The molecule has 0 aliphatic rings. The summed E-state index contributed by atoms with van der Waals surface area (Å²) in [5.41, 5.74) is 1.78. The largest absolute Gasteiger partial charge is 0.482 e. The average Bonchev–Trinajstić information content (AvgIpc) is 3.16. The first-order chi connectivity index (χ1) is 15.1. The summed E-state index contributed by atoms with van der Waals surface area (Å²) < 4.78 is 44.0. The van der Waals surface area contributed by atoms with E-state index < -0.39 is 24.3 Å². The first kappa shape index (κ1) is 23.9. The minimum atomic E-state index is -4.37. The lowest BCUT2D eigenvalue weighted by atomic mass is 10.0. The van der Waals surface area contributed by atoms with Crippen LogP contribution < -0.4 is 4.74 Å². The van der Waals surface area contributed by atoms with Crippen LogP contribution in [-0.2, 0) is 11.0 Å². The number of aliphatic carboxylic acids is 1. The molecule has 2 aromatic carbocycles. The number of hydrogen-bond acceptors (Lipinski definition) is 4. The topological polar surface area (TPSA) is 46.5 Å². The van der Waals surface area contributed by atoms with Gasteiger partial charge in [0.15, 0.2) is 6.61 Å². The molecule has 0 fully saturated rings. The second-order valence-corrected chi connectivity index (χ2v) is 9.41. The van der Waals surface area contributed by atoms with Crippen LogP contribution >= 0.6 is 23.1 Å². The molecule has 0 radical (unpaired) electrons. The van der Waals surface area contributed by atoms with Crippen molar-refractivity contribution in [1.29, 1.82) is 0 Å². The molecule has 0 unspecified atom stereocenters. The summed E-state index contributed by atoms with van der Waals surface area (Å²) in [6.45, 7) is 3.44. The van der Waals surface area contributed by atoms with Gasteiger partial charge < -0.3 is 9.84 Å². The Labute approximate surface area is 192 Å². The number of alkyl halides is 3. The molecule has 0 bridgehead atoms. The fourth-order valence-corrected chi connectivity index (χ4v) is 4.81. The smallest absolute Gasteiger partial charge is 0.416 e. The summed E-state index contributed by atoms with van der Waals surface area (Å²) in [6, 6.07) is 14.7. The molecular weight excluding hydrogens is 457 g/mol. The highest BCUT2D eigenvalue weighted by atomic mass is 32.2. The molecule has 1 aromatic heterocycles. The third kappa shape index (κ3) is 6.40. The normalized spacial score (nSPS) is 12.1. The summed E-state index contributed by atoms with van der Waals surface area (Å²) in [6.07, 6.45) is -2.35. The Hall–Kier alpha value is -2.71. The Morgan fingerprint density at radius 3 is 2.38 bits per heavy atom. The van der Waals surface area contributed by atoms with E-state index in [1.54, 1.807) is 29.2 Å². The number of ether oxygens (including phenoxy) is 1. The van der Waals surface area contributed by atoms with E-state index in [1.807, 2.05) is 44.2 Å². The second kappa shape index (κ2) is 10.3. The van der Waals surface area contributed by atoms with Gasteiger partial charge in [-0.25, -0.2) is 4.79 Å². The second-order valence-electron chi connectivity index (χ2n) is 7.02. The van der Waals surface area contributed by atoms with Crippen LogP contribution in [-0.4, -0.2) is 23.4 Å². The predicted octanol–water partition coefficient (Wildman–Crippen LogP) is 7.07. The third-order valence-corrected chi connectivity index (χ3v) is 6.52. The lowest BCUT2D eigenvalue weighted by Crippen LogP contribution is -2.09. The van der Waals surface area contributed by atoms with E-state index in [-0.39, 0.29) is 0 Å². The SMILES string of the molecule is Cc1ccc(/C(=C\CSc2ccc(OCC(=O)O)c(C)c2)c2ccc(C(F)(F)F)cc2)s1. The molecule has 3 aromatic rings. The lowest BCUT2D eigenvalue weighted by Gasteiger charge is -2.11. The summed E-state index contributed by atoms with van der Waals surface area (Å²) >= 11 is 3.17. The van der Waals surface area contributed by atoms with Crippen molar-refractivity contribution in [3.8, 4) is 5.75 Å². The molecule has 3 nitrogen and oxygen atoms in total. The van der Waals surface area contributed by atoms with Gasteiger partial charge in [0.05, 0.1) is 5.56 Å². The number of benzene rings is 2. The van der Waals surface area contributed by atoms with Gasteiger partial charge in [0, 0.05) is 20.4 Å². The minimum absolute atomic E-state index is 0.396. The zero-order valence-corrected chi connectivity index (χ0v) is 19.0. The van der Waals surface area contributed by atoms with Crippen LogP contribution in [0.5, 0.6) is 5.75 Å². The Balaban J connectivity index is 1.78. The fourth-order valence-electron chi connectivity index (χ4n) is 3.01. The molecule has 168 valence electrons. The van der Waals surface area contributed by atoms with Crippen molar-refractivity contribution in [2.75, 3.05) is 12.4 Å². The summed E-state index contributed by atoms with van der Waals surface area (Å²) in [4.78, 5) is 13.8. The fraction of sp³-hybridized carbons (Fsp3) is 0.208. The number of carbonyl (C=O) groups is 1. The van der Waals surface area contributed by atoms with Crippen molar-refractivity contribution in [2.45, 2.75) is 24.9 Å². The Morgan fingerprint density at radius 1 is 1.09 bits per heavy atom. The zero-order valence-electron chi connectivity index (χ0n) is 17.4. The molecule has 0 aliphatic heterocycles. The third-order valence-electron chi connectivity index (χ3n) is 4.56. The van der Waals surface area contributed by atoms with Crippen molar-refractivity contribution in [3.05, 3.63) is 87.1 Å². The Kier molecular flexibility index (Phi) is 7.69. The number of thioether (sulfide) groups is 1. The number of thiophene rings is 1. The maximum absolute atomic E-state index is 12.9. The number of carboxylic acid groups (broad SMARTS) is 1. The van der Waals surface area contributed by atoms with Crippen molar-refractivity contribution in [2.24, 2.45) is 0 Å². The molecule has 0 saturated carbocycles. The monoisotopic (exact) mass is 478 g/mol. The standard InChI is InChI=1S/C24H21F3O3S2/c1-15-13-19(8-9-21(15)30-14-23(28)29)31-12-11-20(22-10-3-16(2)32-22)17-4-6-18(7-5-17)24(25,26)27/h3-11,13H,12,14H2,1-2H3,(H,28,29)/b20-11-. The maximum atomic E-state index is 12.9. The first-order valence-corrected chi connectivity index (χ1v) is 11.5. The van der Waals surface area contributed by atoms with Crippen molar-refractivity contribution in [3.63, 3.8) is 0 Å². The van der Waals surface area contributed by atoms with Gasteiger partial charge in [-0.15, -0.1) is 23.1 Å². The van der Waals surface area contributed by atoms with Crippen molar-refractivity contribution < 1.29 is 27.8 Å². The molecule has 8 heteroatoms. The van der Waals surface area contributed by atoms with Gasteiger partial charge in [0.2, 0.25) is 0 Å². The predicted molar refractivity (Wildman–Crippen MR) is 123 cm³/mol. The van der Waals surface area contributed by atoms with Gasteiger partial charge in [0.25, 0.3) is 0 Å².